The van der Waals surface area contributed by atoms with Crippen LogP contribution in [0.5, 0.6) is 0 Å². The second-order valence-corrected chi connectivity index (χ2v) is 28.9. The number of carbonyl (C=O) groups is 2. The quantitative estimate of drug-likeness (QED) is 0.0719. The molecule has 18 aromatic rings. The molecule has 0 fully saturated rings. The minimum Gasteiger partial charge on any atom is -0.512 e. The van der Waals surface area contributed by atoms with Crippen LogP contribution in [0.15, 0.2) is 375 Å². The monoisotopic (exact) mass is 2360 g/mol. The van der Waals surface area contributed by atoms with Crippen LogP contribution in [0.4, 0.5) is 0 Å². The van der Waals surface area contributed by atoms with Crippen LogP contribution < -0.4 is 0 Å². The van der Waals surface area contributed by atoms with Crippen LogP contribution in [0, 0.1) is 84.9 Å². The topological polar surface area (TPSA) is 165 Å². The maximum Gasteiger partial charge on any atom is 0.155 e. The fourth-order valence-corrected chi connectivity index (χ4v) is 13.1. The van der Waals surface area contributed by atoms with Gasteiger partial charge in [-0.3, -0.25) is 14.6 Å². The van der Waals surface area contributed by atoms with E-state index in [9.17, 15) is 9.59 Å². The minimum atomic E-state index is -0.125. The molecule has 0 spiro atoms. The van der Waals surface area contributed by atoms with Crippen LogP contribution in [0.2, 0.25) is 0 Å². The summed E-state index contributed by atoms with van der Waals surface area (Å²) in [7, 11) is 0. The van der Waals surface area contributed by atoms with Gasteiger partial charge in [0, 0.05) is 140 Å². The summed E-state index contributed by atoms with van der Waals surface area (Å²) in [5.41, 5.74) is 30.2. The summed E-state index contributed by atoms with van der Waals surface area (Å²) in [5.74, 6) is -0.125. The Hall–Kier alpha value is -12.6. The number of ketones is 2. The van der Waals surface area contributed by atoms with Crippen LogP contribution in [0.25, 0.3) is 134 Å². The molecular weight excluding hydrogens is 2270 g/mol. The van der Waals surface area contributed by atoms with E-state index in [1.807, 2.05) is 202 Å². The number of para-hydroxylation sites is 2. The Morgan fingerprint density at radius 3 is 1.37 bits per heavy atom. The van der Waals surface area contributed by atoms with Crippen LogP contribution in [0.1, 0.15) is 66.6 Å². The number of hydrogen-bond acceptors (Lipinski definition) is 11. The van der Waals surface area contributed by atoms with Gasteiger partial charge in [0.1, 0.15) is 5.58 Å². The van der Waals surface area contributed by atoms with E-state index in [1.54, 1.807) is 6.20 Å². The van der Waals surface area contributed by atoms with Gasteiger partial charge in [0.05, 0.1) is 22.6 Å². The third kappa shape index (κ3) is 30.4. The first-order valence-corrected chi connectivity index (χ1v) is 39.9. The second-order valence-electron chi connectivity index (χ2n) is 28.9. The van der Waals surface area contributed by atoms with Gasteiger partial charge in [0.25, 0.3) is 0 Å². The zero-order valence-corrected chi connectivity index (χ0v) is 81.3. The number of rotatable bonds is 11. The van der Waals surface area contributed by atoms with Crippen molar-refractivity contribution in [3.63, 3.8) is 0 Å². The number of furan rings is 1. The standard InChI is InChI=1S/C24H16NO.C18H16N.2C18H14N.C12H10N.C11H8N.2C5H8O2.4Ir/c1-16-7-5-10-19-20-11-6-12-21(24(20)26-23(16)19)22-15-18(13-14-25-22)17-8-3-2-4-9-17;1-12-8-13(2)10-15(9-12)18-11-14(3)16-6-4-5-7-17(16)19-18;1-14-12-18(16-10-6-3-7-11-16)19-13-17(14)15-8-4-2-5-9-15;1-14-10-11-19-18(12-14)17-9-5-8-16(13-17)15-6-3-2-4-7-15;1-10-7-8-12(13-9-10)11-5-3-2-4-6-11;1-2-6-10(7-3-1)11-8-4-5-9-12-11;2*1-4(6)3-5(2)7;;;;/h2-11,13-15H,1H3;4-9,11H,1-3H3;2-10,12-13H,1H3;2-8,10-13H,1H3;2-5,7-9H,1H3;1-6,8-9H;2*3,6H,1-2H3;;;;/q6*-1;;;;;;. The molecule has 15 heteroatoms. The summed E-state index contributed by atoms with van der Waals surface area (Å²) in [4.78, 5) is 46.9. The molecule has 640 valence electrons. The minimum absolute atomic E-state index is 0. The van der Waals surface area contributed by atoms with E-state index in [-0.39, 0.29) is 104 Å². The zero-order chi connectivity index (χ0) is 86.1. The Bertz CT molecular complexity index is 6410. The van der Waals surface area contributed by atoms with Gasteiger partial charge in [-0.25, -0.2) is 0 Å². The van der Waals surface area contributed by atoms with Gasteiger partial charge in [-0.15, -0.1) is 196 Å². The maximum atomic E-state index is 10.0. The number of fused-ring (bicyclic) bond motifs is 4. The molecule has 11 aromatic carbocycles. The number of hydrogen-bond donors (Lipinski definition) is 2. The summed E-state index contributed by atoms with van der Waals surface area (Å²) in [6.45, 7) is 20.3. The van der Waals surface area contributed by atoms with E-state index >= 15 is 0 Å². The molecule has 126 heavy (non-hydrogen) atoms. The number of allylic oxidation sites excluding steroid dienone is 4. The third-order valence-electron chi connectivity index (χ3n) is 18.8. The van der Waals surface area contributed by atoms with E-state index in [4.69, 9.17) is 19.6 Å². The van der Waals surface area contributed by atoms with E-state index in [0.717, 1.165) is 112 Å². The molecule has 0 saturated heterocycles. The molecular formula is C111H94Ir4N6O5-6. The molecule has 0 atom stereocenters. The van der Waals surface area contributed by atoms with Crippen LogP contribution >= 0.6 is 0 Å². The van der Waals surface area contributed by atoms with Gasteiger partial charge in [0.15, 0.2) is 11.6 Å². The number of aliphatic hydroxyl groups is 2. The van der Waals surface area contributed by atoms with Crippen molar-refractivity contribution in [3.8, 4) is 101 Å². The predicted octanol–water partition coefficient (Wildman–Crippen LogP) is 27.6. The normalized spacial score (nSPS) is 10.3. The van der Waals surface area contributed by atoms with Crippen LogP contribution in [-0.2, 0) is 90.0 Å². The molecule has 11 nitrogen and oxygen atoms in total. The van der Waals surface area contributed by atoms with Crippen molar-refractivity contribution < 1.29 is 105 Å². The second kappa shape index (κ2) is 51.6. The average molecular weight is 2360 g/mol. The van der Waals surface area contributed by atoms with E-state index < -0.39 is 0 Å². The maximum absolute atomic E-state index is 10.0. The fraction of sp³-hybridized carbons (Fsp3) is 0.0991. The molecule has 0 unspecified atom stereocenters. The van der Waals surface area contributed by atoms with Gasteiger partial charge in [-0.05, 0) is 165 Å². The molecule has 0 amide bonds. The molecule has 2 N–H and O–H groups in total. The van der Waals surface area contributed by atoms with E-state index in [0.29, 0.717) is 0 Å². The van der Waals surface area contributed by atoms with Gasteiger partial charge in [-0.2, -0.15) is 0 Å². The summed E-state index contributed by atoms with van der Waals surface area (Å²) in [6.07, 6.45) is 11.6. The Kier molecular flexibility index (Phi) is 41.2. The van der Waals surface area contributed by atoms with Crippen molar-refractivity contribution in [2.75, 3.05) is 0 Å². The fourth-order valence-electron chi connectivity index (χ4n) is 13.1. The molecule has 0 aliphatic carbocycles. The van der Waals surface area contributed by atoms with Gasteiger partial charge in [-0.1, -0.05) is 206 Å². The molecule has 18 rings (SSSR count). The van der Waals surface area contributed by atoms with Gasteiger partial charge >= 0.3 is 0 Å². The number of benzene rings is 11. The Labute approximate surface area is 794 Å². The predicted molar refractivity (Wildman–Crippen MR) is 499 cm³/mol. The Balaban J connectivity index is 0.000000203. The zero-order valence-electron chi connectivity index (χ0n) is 71.7. The molecule has 7 heterocycles. The largest absolute Gasteiger partial charge is 0.512 e. The van der Waals surface area contributed by atoms with E-state index in [1.165, 1.54) is 101 Å². The Morgan fingerprint density at radius 1 is 0.317 bits per heavy atom. The summed E-state index contributed by atoms with van der Waals surface area (Å²) in [6, 6.07) is 125. The molecule has 0 saturated carbocycles. The number of carbonyl (C=O) groups excluding carboxylic acids is 2. The van der Waals surface area contributed by atoms with Crippen molar-refractivity contribution >= 4 is 44.4 Å². The van der Waals surface area contributed by atoms with Gasteiger partial charge in [0.2, 0.25) is 0 Å². The smallest absolute Gasteiger partial charge is 0.155 e. The van der Waals surface area contributed by atoms with Crippen molar-refractivity contribution in [2.24, 2.45) is 0 Å². The third-order valence-corrected chi connectivity index (χ3v) is 18.8. The first kappa shape index (κ1) is 100. The molecule has 4 radical (unpaired) electrons. The number of aliphatic hydroxyl groups excluding tert-OH is 2. The molecule has 0 aliphatic rings. The molecule has 0 aliphatic heterocycles. The summed E-state index contributed by atoms with van der Waals surface area (Å²) in [5, 5.41) is 20.2. The van der Waals surface area contributed by atoms with Crippen molar-refractivity contribution in [1.29, 1.82) is 0 Å². The van der Waals surface area contributed by atoms with Gasteiger partial charge < -0.3 is 39.6 Å². The number of aryl methyl sites for hydroxylation is 7. The molecule has 7 aromatic heterocycles. The van der Waals surface area contributed by atoms with Crippen molar-refractivity contribution in [3.05, 3.63) is 445 Å². The first-order chi connectivity index (χ1) is 59.2. The SMILES string of the molecule is CC(=O)C=C(C)O.CC(=O)C=C(C)O.Cc1[c-]c(-c2cc(C)c3ccccc3n2)cc(C)c1.Cc1cc(-c2[c-]cccc2)ncc1-c1ccccc1.Cc1ccc(-c2[c-]cccc2)nc1.Cc1cccc2c1oc1c(-c3cc(-c4ccccc4)ccn3)[c-]ccc12.Cc1ccnc(-c2[c-]ccc(-c3ccccc3)c2)c1.[Ir].[Ir].[Ir].[Ir].[c-]1ccccc1-c1ccccn1. The summed E-state index contributed by atoms with van der Waals surface area (Å²) < 4.78 is 6.24. The van der Waals surface area contributed by atoms with Crippen LogP contribution in [0.3, 0.4) is 0 Å². The van der Waals surface area contributed by atoms with E-state index in [2.05, 4.69) is 248 Å². The number of nitrogens with zero attached hydrogens (tertiary/aromatic N) is 6. The Morgan fingerprint density at radius 2 is 0.817 bits per heavy atom. The number of pyridine rings is 6. The van der Waals surface area contributed by atoms with Crippen LogP contribution in [-0.4, -0.2) is 51.7 Å². The number of aromatic nitrogens is 6. The van der Waals surface area contributed by atoms with Crippen molar-refractivity contribution in [1.82, 2.24) is 29.9 Å². The van der Waals surface area contributed by atoms with Crippen molar-refractivity contribution in [2.45, 2.75) is 76.2 Å². The summed E-state index contributed by atoms with van der Waals surface area (Å²) >= 11 is 0. The first-order valence-electron chi connectivity index (χ1n) is 39.9. The molecule has 0 bridgehead atoms. The average Bonchev–Trinajstić information content (AvgIpc) is 1.60.